The summed E-state index contributed by atoms with van der Waals surface area (Å²) in [5.74, 6) is 3.36. The Hall–Kier alpha value is 0.987. The van der Waals surface area contributed by atoms with Gasteiger partial charge >= 0.3 is 33.0 Å². The molecule has 0 rings (SSSR count). The van der Waals surface area contributed by atoms with Crippen LogP contribution in [-0.4, -0.2) is 0 Å². The Morgan fingerprint density at radius 2 is 0.615 bits per heavy atom. The molecule has 172 valence electrons. The molecule has 0 aromatic heterocycles. The van der Waals surface area contributed by atoms with Crippen molar-refractivity contribution in [1.82, 2.24) is 0 Å². The minimum absolute atomic E-state index is 0. The minimum Gasteiger partial charge on any atom is -0.358 e. The summed E-state index contributed by atoms with van der Waals surface area (Å²) in [6.07, 6.45) is 2.70. The maximum atomic E-state index is 2.35. The van der Waals surface area contributed by atoms with Crippen molar-refractivity contribution < 1.29 is 33.0 Å². The largest absolute Gasteiger partial charge is 2.00 e. The average Bonchev–Trinajstić information content (AvgIpc) is 2.13. The van der Waals surface area contributed by atoms with Gasteiger partial charge in [0.15, 0.2) is 0 Å². The van der Waals surface area contributed by atoms with Gasteiger partial charge in [0, 0.05) is 0 Å². The van der Waals surface area contributed by atoms with Gasteiger partial charge in [-0.25, -0.2) is 0 Å². The van der Waals surface area contributed by atoms with E-state index in [0.29, 0.717) is 10.8 Å². The molecule has 2 heteroatoms. The predicted molar refractivity (Wildman–Crippen MR) is 122 cm³/mol. The van der Waals surface area contributed by atoms with Gasteiger partial charge in [0.25, 0.3) is 0 Å². The van der Waals surface area contributed by atoms with Crippen LogP contribution in [0, 0.1) is 64.2 Å². The normalized spacial score (nSPS) is 12.2. The fourth-order valence-corrected chi connectivity index (χ4v) is 2.12. The van der Waals surface area contributed by atoms with Gasteiger partial charge in [-0.2, -0.15) is 0 Å². The van der Waals surface area contributed by atoms with Crippen molar-refractivity contribution in [2.24, 2.45) is 34.5 Å². The summed E-state index contributed by atoms with van der Waals surface area (Å²) in [6.45, 7) is 27.8. The van der Waals surface area contributed by atoms with E-state index in [4.69, 9.17) is 0 Å². The zero-order valence-electron chi connectivity index (χ0n) is 21.4. The van der Waals surface area contributed by atoms with Gasteiger partial charge < -0.3 is 29.7 Å². The molecule has 0 fully saturated rings. The summed E-state index contributed by atoms with van der Waals surface area (Å²) in [5, 5.41) is 0. The van der Waals surface area contributed by atoms with E-state index < -0.39 is 0 Å². The van der Waals surface area contributed by atoms with E-state index in [1.54, 1.807) is 0 Å². The van der Waals surface area contributed by atoms with Crippen LogP contribution in [0.15, 0.2) is 0 Å². The average molecular weight is 462 g/mol. The molecule has 0 N–H and O–H groups in total. The fourth-order valence-electron chi connectivity index (χ4n) is 2.12. The first kappa shape index (κ1) is 50.6. The molecule has 0 spiro atoms. The van der Waals surface area contributed by atoms with Gasteiger partial charge in [0.05, 0.1) is 0 Å². The van der Waals surface area contributed by atoms with Gasteiger partial charge in [0.2, 0.25) is 0 Å². The Balaban J connectivity index is -0.0000000337. The van der Waals surface area contributed by atoms with Crippen LogP contribution in [-0.2, 0) is 33.0 Å². The van der Waals surface area contributed by atoms with Crippen LogP contribution in [0.4, 0.5) is 0 Å². The van der Waals surface area contributed by atoms with Crippen molar-refractivity contribution in [3.63, 3.8) is 0 Å². The van der Waals surface area contributed by atoms with Crippen LogP contribution in [0.2, 0.25) is 0 Å². The van der Waals surface area contributed by atoms with E-state index >= 15 is 0 Å². The molecule has 0 saturated heterocycles. The summed E-state index contributed by atoms with van der Waals surface area (Å²) >= 11 is 0. The van der Waals surface area contributed by atoms with Gasteiger partial charge in [-0.1, -0.05) is 83.1 Å². The van der Waals surface area contributed by atoms with E-state index in [1.165, 1.54) is 12.8 Å². The van der Waals surface area contributed by atoms with Crippen molar-refractivity contribution in [2.45, 2.75) is 95.9 Å². The van der Waals surface area contributed by atoms with Gasteiger partial charge in [-0.05, 0) is 47.3 Å². The zero-order valence-corrected chi connectivity index (χ0v) is 23.3. The van der Waals surface area contributed by atoms with Crippen molar-refractivity contribution in [2.75, 3.05) is 0 Å². The Morgan fingerprint density at radius 1 is 0.462 bits per heavy atom. The van der Waals surface area contributed by atoms with Gasteiger partial charge in [-0.15, -0.1) is 0 Å². The summed E-state index contributed by atoms with van der Waals surface area (Å²) in [5.41, 5.74) is 0.981. The zero-order chi connectivity index (χ0) is 16.7. The standard InChI is InChI=1S/2C10H22.4CH3.2Ni/c2*1-8(2)7-9(3)10(4,5)6;;;;;;/h2*8-9H,7H2,1-6H3;4*1H3;;/q;;4*-1;2*+2. The Morgan fingerprint density at radius 3 is 0.654 bits per heavy atom. The van der Waals surface area contributed by atoms with Crippen molar-refractivity contribution >= 4 is 0 Å². The van der Waals surface area contributed by atoms with Gasteiger partial charge in [0.1, 0.15) is 0 Å². The molecule has 0 bridgehead atoms. The number of hydrogen-bond donors (Lipinski definition) is 0. The Labute approximate surface area is 192 Å². The van der Waals surface area contributed by atoms with Crippen LogP contribution in [0.25, 0.3) is 0 Å². The molecule has 0 heterocycles. The molecule has 0 radical (unpaired) electrons. The second-order valence-corrected chi connectivity index (χ2v) is 9.79. The van der Waals surface area contributed by atoms with Crippen LogP contribution in [0.1, 0.15) is 95.9 Å². The van der Waals surface area contributed by atoms with E-state index in [0.717, 1.165) is 23.7 Å². The molecule has 0 nitrogen and oxygen atoms in total. The monoisotopic (exact) mass is 460 g/mol. The second kappa shape index (κ2) is 22.3. The van der Waals surface area contributed by atoms with Gasteiger partial charge in [-0.3, -0.25) is 0 Å². The molecule has 0 saturated carbocycles. The van der Waals surface area contributed by atoms with Crippen molar-refractivity contribution in [1.29, 1.82) is 0 Å². The summed E-state index contributed by atoms with van der Waals surface area (Å²) in [6, 6.07) is 0. The quantitative estimate of drug-likeness (QED) is 0.289. The number of rotatable bonds is 4. The molecule has 0 aliphatic carbocycles. The third kappa shape index (κ3) is 32.6. The fraction of sp³-hybridized carbons (Fsp3) is 0.833. The molecule has 0 aliphatic rings. The molecule has 0 aromatic rings. The van der Waals surface area contributed by atoms with E-state index in [2.05, 4.69) is 83.1 Å². The topological polar surface area (TPSA) is 0 Å². The summed E-state index contributed by atoms with van der Waals surface area (Å²) in [7, 11) is 0. The SMILES string of the molecule is CC(C)CC(C)C(C)(C)C.CC(C)CC(C)C(C)(C)C.[CH3-].[CH3-].[CH3-].[CH3-].[Ni+2].[Ni+2]. The molecule has 0 amide bonds. The Kier molecular flexibility index (Phi) is 43.3. The molecule has 2 unspecified atom stereocenters. The summed E-state index contributed by atoms with van der Waals surface area (Å²) in [4.78, 5) is 0. The third-order valence-corrected chi connectivity index (χ3v) is 4.61. The molecule has 0 aliphatic heterocycles. The molecular weight excluding hydrogens is 406 g/mol. The molecule has 2 atom stereocenters. The maximum absolute atomic E-state index is 2.35. The molecular formula is C24H56Ni2. The minimum atomic E-state index is 0. The first-order valence-corrected chi connectivity index (χ1v) is 8.67. The van der Waals surface area contributed by atoms with Crippen molar-refractivity contribution in [3.8, 4) is 0 Å². The van der Waals surface area contributed by atoms with Crippen LogP contribution in [0.5, 0.6) is 0 Å². The smallest absolute Gasteiger partial charge is 0.358 e. The van der Waals surface area contributed by atoms with Crippen LogP contribution >= 0.6 is 0 Å². The third-order valence-electron chi connectivity index (χ3n) is 4.61. The first-order valence-electron chi connectivity index (χ1n) is 8.67. The maximum Gasteiger partial charge on any atom is 2.00 e. The van der Waals surface area contributed by atoms with Crippen LogP contribution < -0.4 is 0 Å². The van der Waals surface area contributed by atoms with E-state index in [-0.39, 0.29) is 62.7 Å². The Bertz CT molecular complexity index is 206. The second-order valence-electron chi connectivity index (χ2n) is 9.79. The molecule has 26 heavy (non-hydrogen) atoms. The van der Waals surface area contributed by atoms with E-state index in [9.17, 15) is 0 Å². The predicted octanol–water partition coefficient (Wildman–Crippen LogP) is 9.23. The molecule has 0 aromatic carbocycles. The van der Waals surface area contributed by atoms with Crippen LogP contribution in [0.3, 0.4) is 0 Å². The number of hydrogen-bond acceptors (Lipinski definition) is 0. The van der Waals surface area contributed by atoms with Crippen molar-refractivity contribution in [3.05, 3.63) is 29.7 Å². The first-order chi connectivity index (χ1) is 8.67. The summed E-state index contributed by atoms with van der Waals surface area (Å²) < 4.78 is 0. The van der Waals surface area contributed by atoms with E-state index in [1.807, 2.05) is 0 Å².